The first-order valence-electron chi connectivity index (χ1n) is 5.97. The predicted octanol–water partition coefficient (Wildman–Crippen LogP) is 1.44. The van der Waals surface area contributed by atoms with Crippen LogP contribution in [0.25, 0.3) is 0 Å². The summed E-state index contributed by atoms with van der Waals surface area (Å²) in [4.78, 5) is 0. The molecule has 0 radical (unpaired) electrons. The lowest BCUT2D eigenvalue weighted by atomic mass is 10.1. The third kappa shape index (κ3) is 2.59. The second kappa shape index (κ2) is 5.19. The van der Waals surface area contributed by atoms with Crippen molar-refractivity contribution in [2.45, 2.75) is 19.8 Å². The van der Waals surface area contributed by atoms with Gasteiger partial charge in [0.25, 0.3) is 0 Å². The van der Waals surface area contributed by atoms with E-state index in [1.165, 1.54) is 0 Å². The van der Waals surface area contributed by atoms with Gasteiger partial charge in [0, 0.05) is 26.8 Å². The Morgan fingerprint density at radius 3 is 3.12 bits per heavy atom. The van der Waals surface area contributed by atoms with Crippen molar-refractivity contribution in [1.29, 1.82) is 5.26 Å². The molecule has 1 aromatic heterocycles. The van der Waals surface area contributed by atoms with Crippen LogP contribution in [-0.2, 0) is 11.8 Å². The lowest BCUT2D eigenvalue weighted by Crippen LogP contribution is -2.12. The number of nitrogens with one attached hydrogen (secondary N) is 1. The van der Waals surface area contributed by atoms with Gasteiger partial charge in [-0.05, 0) is 25.7 Å². The van der Waals surface area contributed by atoms with Gasteiger partial charge in [-0.2, -0.15) is 10.4 Å². The van der Waals surface area contributed by atoms with E-state index in [-0.39, 0.29) is 0 Å². The minimum absolute atomic E-state index is 0.648. The molecule has 2 rings (SSSR count). The number of aryl methyl sites for hydroxylation is 2. The fourth-order valence-electron chi connectivity index (χ4n) is 2.20. The summed E-state index contributed by atoms with van der Waals surface area (Å²) < 4.78 is 7.07. The summed E-state index contributed by atoms with van der Waals surface area (Å²) in [5, 5.41) is 16.6. The van der Waals surface area contributed by atoms with Gasteiger partial charge >= 0.3 is 0 Å². The highest BCUT2D eigenvalue weighted by Crippen LogP contribution is 2.19. The minimum Gasteiger partial charge on any atom is -0.381 e. The smallest absolute Gasteiger partial charge is 0.142 e. The van der Waals surface area contributed by atoms with Gasteiger partial charge in [0.05, 0.1) is 5.69 Å². The van der Waals surface area contributed by atoms with Crippen LogP contribution in [0.1, 0.15) is 24.1 Å². The molecule has 1 aliphatic heterocycles. The molecule has 17 heavy (non-hydrogen) atoms. The Labute approximate surface area is 101 Å². The zero-order valence-corrected chi connectivity index (χ0v) is 10.4. The highest BCUT2D eigenvalue weighted by molar-refractivity contribution is 5.54. The maximum Gasteiger partial charge on any atom is 0.142 e. The molecule has 0 saturated carbocycles. The van der Waals surface area contributed by atoms with Gasteiger partial charge in [0.15, 0.2) is 0 Å². The second-order valence-corrected chi connectivity index (χ2v) is 4.49. The Balaban J connectivity index is 1.92. The zero-order valence-electron chi connectivity index (χ0n) is 10.4. The molecule has 0 aliphatic carbocycles. The van der Waals surface area contributed by atoms with Gasteiger partial charge < -0.3 is 10.1 Å². The van der Waals surface area contributed by atoms with Crippen LogP contribution in [-0.4, -0.2) is 29.5 Å². The summed E-state index contributed by atoms with van der Waals surface area (Å²) in [6, 6.07) is 2.19. The van der Waals surface area contributed by atoms with Crippen molar-refractivity contribution in [2.75, 3.05) is 25.1 Å². The van der Waals surface area contributed by atoms with Crippen LogP contribution >= 0.6 is 0 Å². The number of hydrogen-bond acceptors (Lipinski definition) is 4. The van der Waals surface area contributed by atoms with Crippen molar-refractivity contribution in [2.24, 2.45) is 13.0 Å². The number of aromatic nitrogens is 2. The van der Waals surface area contributed by atoms with Gasteiger partial charge in [-0.25, -0.2) is 0 Å². The highest BCUT2D eigenvalue weighted by atomic mass is 16.5. The maximum absolute atomic E-state index is 9.06. The topological polar surface area (TPSA) is 62.9 Å². The molecule has 1 saturated heterocycles. The van der Waals surface area contributed by atoms with E-state index in [0.717, 1.165) is 44.1 Å². The SMILES string of the molecule is Cc1nn(C)c(NCCC2CCOC2)c1C#N. The number of nitrogens with zero attached hydrogens (tertiary/aromatic N) is 3. The molecule has 0 spiro atoms. The largest absolute Gasteiger partial charge is 0.381 e. The molecule has 92 valence electrons. The average Bonchev–Trinajstić information content (AvgIpc) is 2.88. The third-order valence-corrected chi connectivity index (χ3v) is 3.20. The number of nitriles is 1. The van der Waals surface area contributed by atoms with Gasteiger partial charge in [-0.1, -0.05) is 0 Å². The third-order valence-electron chi connectivity index (χ3n) is 3.20. The van der Waals surface area contributed by atoms with E-state index < -0.39 is 0 Å². The van der Waals surface area contributed by atoms with Gasteiger partial charge in [-0.3, -0.25) is 4.68 Å². The predicted molar refractivity (Wildman–Crippen MR) is 64.7 cm³/mol. The Hall–Kier alpha value is -1.54. The average molecular weight is 234 g/mol. The van der Waals surface area contributed by atoms with Crippen LogP contribution in [0, 0.1) is 24.2 Å². The highest BCUT2D eigenvalue weighted by Gasteiger charge is 2.16. The maximum atomic E-state index is 9.06. The molecule has 1 unspecified atom stereocenters. The minimum atomic E-state index is 0.648. The summed E-state index contributed by atoms with van der Waals surface area (Å²) >= 11 is 0. The van der Waals surface area contributed by atoms with Crippen LogP contribution in [0.5, 0.6) is 0 Å². The van der Waals surface area contributed by atoms with Crippen molar-refractivity contribution in [1.82, 2.24) is 9.78 Å². The Morgan fingerprint density at radius 2 is 2.47 bits per heavy atom. The van der Waals surface area contributed by atoms with E-state index in [9.17, 15) is 0 Å². The molecule has 0 aromatic carbocycles. The van der Waals surface area contributed by atoms with Crippen molar-refractivity contribution < 1.29 is 4.74 Å². The fraction of sp³-hybridized carbons (Fsp3) is 0.667. The van der Waals surface area contributed by atoms with E-state index >= 15 is 0 Å². The van der Waals surface area contributed by atoms with Gasteiger partial charge in [0.2, 0.25) is 0 Å². The molecule has 5 nitrogen and oxygen atoms in total. The van der Waals surface area contributed by atoms with E-state index in [4.69, 9.17) is 10.00 Å². The number of rotatable bonds is 4. The van der Waals surface area contributed by atoms with E-state index in [2.05, 4.69) is 16.5 Å². The van der Waals surface area contributed by atoms with Crippen molar-refractivity contribution >= 4 is 5.82 Å². The van der Waals surface area contributed by atoms with Gasteiger partial charge in [-0.15, -0.1) is 0 Å². The van der Waals surface area contributed by atoms with Crippen LogP contribution < -0.4 is 5.32 Å². The molecule has 1 aromatic rings. The van der Waals surface area contributed by atoms with Crippen molar-refractivity contribution in [3.05, 3.63) is 11.3 Å². The van der Waals surface area contributed by atoms with Crippen LogP contribution in [0.15, 0.2) is 0 Å². The standard InChI is InChI=1S/C12H18N4O/c1-9-11(7-13)12(16(2)15-9)14-5-3-10-4-6-17-8-10/h10,14H,3-6,8H2,1-2H3. The van der Waals surface area contributed by atoms with E-state index in [1.54, 1.807) is 4.68 Å². The molecule has 0 amide bonds. The van der Waals surface area contributed by atoms with E-state index in [1.807, 2.05) is 14.0 Å². The lowest BCUT2D eigenvalue weighted by molar-refractivity contribution is 0.185. The number of ether oxygens (including phenoxy) is 1. The Morgan fingerprint density at radius 1 is 1.65 bits per heavy atom. The monoisotopic (exact) mass is 234 g/mol. The molecule has 1 fully saturated rings. The fourth-order valence-corrected chi connectivity index (χ4v) is 2.20. The van der Waals surface area contributed by atoms with Crippen molar-refractivity contribution in [3.63, 3.8) is 0 Å². The van der Waals surface area contributed by atoms with Crippen LogP contribution in [0.4, 0.5) is 5.82 Å². The normalized spacial score (nSPS) is 19.2. The molecular weight excluding hydrogens is 216 g/mol. The Bertz CT molecular complexity index is 426. The molecule has 2 heterocycles. The molecule has 1 N–H and O–H groups in total. The molecule has 1 aliphatic rings. The van der Waals surface area contributed by atoms with E-state index in [0.29, 0.717) is 11.5 Å². The van der Waals surface area contributed by atoms with Crippen LogP contribution in [0.3, 0.4) is 0 Å². The molecule has 1 atom stereocenters. The van der Waals surface area contributed by atoms with Crippen molar-refractivity contribution in [3.8, 4) is 6.07 Å². The second-order valence-electron chi connectivity index (χ2n) is 4.49. The Kier molecular flexibility index (Phi) is 3.64. The summed E-state index contributed by atoms with van der Waals surface area (Å²) in [6.07, 6.45) is 2.23. The van der Waals surface area contributed by atoms with Gasteiger partial charge in [0.1, 0.15) is 17.5 Å². The first-order valence-corrected chi connectivity index (χ1v) is 5.97. The summed E-state index contributed by atoms with van der Waals surface area (Å²) in [6.45, 7) is 4.48. The summed E-state index contributed by atoms with van der Waals surface area (Å²) in [5.74, 6) is 1.48. The lowest BCUT2D eigenvalue weighted by Gasteiger charge is -2.10. The first-order chi connectivity index (χ1) is 8.22. The molecule has 5 heteroatoms. The number of anilines is 1. The first kappa shape index (κ1) is 11.9. The quantitative estimate of drug-likeness (QED) is 0.856. The molecular formula is C12H18N4O. The summed E-state index contributed by atoms with van der Waals surface area (Å²) in [5.41, 5.74) is 1.43. The zero-order chi connectivity index (χ0) is 12.3. The molecule has 0 bridgehead atoms. The number of hydrogen-bond donors (Lipinski definition) is 1. The van der Waals surface area contributed by atoms with Crippen LogP contribution in [0.2, 0.25) is 0 Å². The summed E-state index contributed by atoms with van der Waals surface area (Å²) in [7, 11) is 1.86.